The monoisotopic (exact) mass is 246 g/mol. The summed E-state index contributed by atoms with van der Waals surface area (Å²) in [6.45, 7) is 8.49. The Balaban J connectivity index is 4.54. The average Bonchev–Trinajstić information content (AvgIpc) is 2.28. The topological polar surface area (TPSA) is 61.3 Å². The van der Waals surface area contributed by atoms with E-state index in [-0.39, 0.29) is 0 Å². The number of rotatable bonds is 9. The maximum absolute atomic E-state index is 5.91. The zero-order valence-electron chi connectivity index (χ0n) is 11.5. The van der Waals surface area contributed by atoms with Gasteiger partial charge in [-0.05, 0) is 56.4 Å². The van der Waals surface area contributed by atoms with Gasteiger partial charge in [0.05, 0.1) is 0 Å². The largest absolute Gasteiger partial charge is 0.420 e. The summed E-state index contributed by atoms with van der Waals surface area (Å²) >= 11 is 0. The van der Waals surface area contributed by atoms with Crippen LogP contribution in [-0.4, -0.2) is 28.5 Å². The van der Waals surface area contributed by atoms with Crippen molar-refractivity contribution < 1.29 is 4.43 Å². The number of hydrogen-bond acceptors (Lipinski definition) is 3. The van der Waals surface area contributed by atoms with Gasteiger partial charge in [-0.2, -0.15) is 0 Å². The molecular formula is C12H30N2OSi. The van der Waals surface area contributed by atoms with Gasteiger partial charge in [-0.15, -0.1) is 0 Å². The van der Waals surface area contributed by atoms with Crippen LogP contribution in [0.4, 0.5) is 0 Å². The van der Waals surface area contributed by atoms with Crippen LogP contribution >= 0.6 is 0 Å². The summed E-state index contributed by atoms with van der Waals surface area (Å²) in [6.07, 6.45) is 4.61. The van der Waals surface area contributed by atoms with E-state index in [1.807, 2.05) is 7.11 Å². The van der Waals surface area contributed by atoms with Gasteiger partial charge >= 0.3 is 0 Å². The Labute approximate surface area is 102 Å². The molecule has 0 saturated heterocycles. The molecular weight excluding hydrogens is 216 g/mol. The lowest BCUT2D eigenvalue weighted by atomic mass is 10.1. The van der Waals surface area contributed by atoms with Gasteiger partial charge in [0.2, 0.25) is 0 Å². The molecule has 16 heavy (non-hydrogen) atoms. The fourth-order valence-corrected chi connectivity index (χ4v) is 5.62. The molecule has 0 aliphatic carbocycles. The molecule has 3 nitrogen and oxygen atoms in total. The smallest absolute Gasteiger partial charge is 0.194 e. The lowest BCUT2D eigenvalue weighted by molar-refractivity contribution is 0.361. The maximum atomic E-state index is 5.91. The Bertz CT molecular complexity index is 170. The molecule has 0 fully saturated rings. The van der Waals surface area contributed by atoms with Gasteiger partial charge in [0.1, 0.15) is 0 Å². The zero-order chi connectivity index (χ0) is 12.6. The van der Waals surface area contributed by atoms with Crippen molar-refractivity contribution in [3.05, 3.63) is 0 Å². The molecule has 1 unspecified atom stereocenters. The van der Waals surface area contributed by atoms with Crippen molar-refractivity contribution in [3.63, 3.8) is 0 Å². The SMILES string of the molecule is CO[Si](C)(C(C)C)C(CCCN)CCCN. The first-order valence-corrected chi connectivity index (χ1v) is 9.04. The van der Waals surface area contributed by atoms with E-state index in [0.29, 0.717) is 11.1 Å². The van der Waals surface area contributed by atoms with Crippen LogP contribution in [0.25, 0.3) is 0 Å². The summed E-state index contributed by atoms with van der Waals surface area (Å²) < 4.78 is 5.91. The first kappa shape index (κ1) is 16.1. The molecule has 4 heteroatoms. The van der Waals surface area contributed by atoms with Gasteiger partial charge in [-0.25, -0.2) is 0 Å². The van der Waals surface area contributed by atoms with Crippen LogP contribution in [0.1, 0.15) is 39.5 Å². The predicted octanol–water partition coefficient (Wildman–Crippen LogP) is 2.47. The molecule has 0 aliphatic rings. The molecule has 0 aromatic heterocycles. The first-order valence-electron chi connectivity index (χ1n) is 6.48. The van der Waals surface area contributed by atoms with Crippen molar-refractivity contribution in [2.75, 3.05) is 20.2 Å². The Morgan fingerprint density at radius 1 is 1.06 bits per heavy atom. The minimum Gasteiger partial charge on any atom is -0.420 e. The van der Waals surface area contributed by atoms with Crippen molar-refractivity contribution in [3.8, 4) is 0 Å². The van der Waals surface area contributed by atoms with Crippen LogP contribution in [0.5, 0.6) is 0 Å². The molecule has 0 saturated carbocycles. The van der Waals surface area contributed by atoms with E-state index < -0.39 is 8.32 Å². The van der Waals surface area contributed by atoms with Crippen molar-refractivity contribution >= 4 is 8.32 Å². The fraction of sp³-hybridized carbons (Fsp3) is 1.00. The highest BCUT2D eigenvalue weighted by molar-refractivity contribution is 6.75. The molecule has 0 spiro atoms. The quantitative estimate of drug-likeness (QED) is 0.614. The van der Waals surface area contributed by atoms with Crippen LogP contribution < -0.4 is 11.5 Å². The summed E-state index contributed by atoms with van der Waals surface area (Å²) in [5.41, 5.74) is 12.6. The minimum absolute atomic E-state index is 0.651. The molecule has 0 rings (SSSR count). The van der Waals surface area contributed by atoms with Crippen LogP contribution in [-0.2, 0) is 4.43 Å². The lowest BCUT2D eigenvalue weighted by Gasteiger charge is -2.37. The second kappa shape index (κ2) is 8.23. The van der Waals surface area contributed by atoms with Gasteiger partial charge in [-0.3, -0.25) is 0 Å². The van der Waals surface area contributed by atoms with E-state index in [9.17, 15) is 0 Å². The van der Waals surface area contributed by atoms with Crippen molar-refractivity contribution in [1.29, 1.82) is 0 Å². The van der Waals surface area contributed by atoms with E-state index >= 15 is 0 Å². The predicted molar refractivity (Wildman–Crippen MR) is 74.1 cm³/mol. The second-order valence-corrected chi connectivity index (χ2v) is 9.85. The number of hydrogen-bond donors (Lipinski definition) is 2. The van der Waals surface area contributed by atoms with Crippen LogP contribution in [0, 0.1) is 0 Å². The summed E-state index contributed by atoms with van der Waals surface area (Å²) in [7, 11) is 0.263. The van der Waals surface area contributed by atoms with Crippen LogP contribution in [0.2, 0.25) is 17.6 Å². The third-order valence-electron chi connectivity index (χ3n) is 3.91. The molecule has 0 radical (unpaired) electrons. The van der Waals surface area contributed by atoms with E-state index in [4.69, 9.17) is 15.9 Å². The third kappa shape index (κ3) is 4.53. The molecule has 1 atom stereocenters. The summed E-state index contributed by atoms with van der Waals surface area (Å²) in [5.74, 6) is 0. The molecule has 0 amide bonds. The van der Waals surface area contributed by atoms with E-state index in [1.165, 1.54) is 12.8 Å². The third-order valence-corrected chi connectivity index (χ3v) is 9.28. The Hall–Kier alpha value is 0.0969. The molecule has 0 heterocycles. The Morgan fingerprint density at radius 3 is 1.75 bits per heavy atom. The highest BCUT2D eigenvalue weighted by Gasteiger charge is 2.39. The minimum atomic E-state index is -1.62. The molecule has 0 aromatic carbocycles. The first-order chi connectivity index (χ1) is 7.52. The molecule has 0 bridgehead atoms. The Kier molecular flexibility index (Phi) is 8.28. The van der Waals surface area contributed by atoms with Gasteiger partial charge in [0.25, 0.3) is 0 Å². The van der Waals surface area contributed by atoms with Gasteiger partial charge < -0.3 is 15.9 Å². The molecule has 0 aliphatic heterocycles. The maximum Gasteiger partial charge on any atom is 0.194 e. The van der Waals surface area contributed by atoms with Gasteiger partial charge in [0.15, 0.2) is 8.32 Å². The summed E-state index contributed by atoms with van der Waals surface area (Å²) in [5, 5.41) is 0. The van der Waals surface area contributed by atoms with E-state index in [1.54, 1.807) is 0 Å². The fourth-order valence-electron chi connectivity index (χ4n) is 2.32. The molecule has 98 valence electrons. The van der Waals surface area contributed by atoms with Gasteiger partial charge in [-0.1, -0.05) is 13.8 Å². The highest BCUT2D eigenvalue weighted by atomic mass is 28.4. The zero-order valence-corrected chi connectivity index (χ0v) is 12.5. The normalized spacial score (nSPS) is 15.8. The summed E-state index contributed by atoms with van der Waals surface area (Å²) in [4.78, 5) is 0. The van der Waals surface area contributed by atoms with Crippen LogP contribution in [0.3, 0.4) is 0 Å². The molecule has 0 aromatic rings. The Morgan fingerprint density at radius 2 is 1.50 bits per heavy atom. The lowest BCUT2D eigenvalue weighted by Crippen LogP contribution is -2.42. The second-order valence-electron chi connectivity index (χ2n) is 5.10. The average molecular weight is 246 g/mol. The highest BCUT2D eigenvalue weighted by Crippen LogP contribution is 2.39. The van der Waals surface area contributed by atoms with E-state index in [0.717, 1.165) is 25.9 Å². The standard InChI is InChI=1S/C12H30N2OSi/c1-11(2)16(4,15-3)12(7-5-9-13)8-6-10-14/h11-12H,5-10,13-14H2,1-4H3. The van der Waals surface area contributed by atoms with Crippen molar-refractivity contribution in [1.82, 2.24) is 0 Å². The van der Waals surface area contributed by atoms with Crippen molar-refractivity contribution in [2.45, 2.75) is 57.2 Å². The van der Waals surface area contributed by atoms with E-state index in [2.05, 4.69) is 20.4 Å². The van der Waals surface area contributed by atoms with Crippen LogP contribution in [0.15, 0.2) is 0 Å². The summed E-state index contributed by atoms with van der Waals surface area (Å²) in [6, 6.07) is 0. The molecule has 4 N–H and O–H groups in total. The van der Waals surface area contributed by atoms with Gasteiger partial charge in [0, 0.05) is 7.11 Å². The van der Waals surface area contributed by atoms with Crippen molar-refractivity contribution in [2.24, 2.45) is 11.5 Å². The number of nitrogens with two attached hydrogens (primary N) is 2.